The van der Waals surface area contributed by atoms with Crippen LogP contribution in [0, 0.1) is 11.8 Å². The molecule has 1 saturated carbocycles. The summed E-state index contributed by atoms with van der Waals surface area (Å²) >= 11 is 0. The number of amides is 1. The summed E-state index contributed by atoms with van der Waals surface area (Å²) in [5.74, 6) is 1.70. The summed E-state index contributed by atoms with van der Waals surface area (Å²) in [5, 5.41) is 9.09. The fourth-order valence-electron chi connectivity index (χ4n) is 3.89. The van der Waals surface area contributed by atoms with Crippen LogP contribution >= 0.6 is 0 Å². The molecule has 1 aliphatic carbocycles. The van der Waals surface area contributed by atoms with Crippen LogP contribution in [0.1, 0.15) is 12.8 Å². The Hall–Kier alpha value is -2.63. The number of aromatic nitrogens is 2. The molecule has 2 fully saturated rings. The van der Waals surface area contributed by atoms with Gasteiger partial charge in [-0.3, -0.25) is 0 Å². The molecule has 1 saturated heterocycles. The average Bonchev–Trinajstić information content (AvgIpc) is 3.14. The molecule has 0 spiro atoms. The monoisotopic (exact) mass is 325 g/mol. The summed E-state index contributed by atoms with van der Waals surface area (Å²) in [6.07, 6.45) is 6.29. The maximum Gasteiger partial charge on any atom is 0.407 e. The summed E-state index contributed by atoms with van der Waals surface area (Å²) in [4.78, 5) is 20.7. The van der Waals surface area contributed by atoms with Crippen LogP contribution in [0.3, 0.4) is 0 Å². The summed E-state index contributed by atoms with van der Waals surface area (Å²) < 4.78 is 6.16. The minimum atomic E-state index is -0.806. The molecule has 1 aromatic carbocycles. The number of hydrogen-bond donors (Lipinski definition) is 1. The van der Waals surface area contributed by atoms with Crippen LogP contribution in [0.2, 0.25) is 0 Å². The van der Waals surface area contributed by atoms with Gasteiger partial charge in [0, 0.05) is 31.0 Å². The van der Waals surface area contributed by atoms with Crippen molar-refractivity contribution in [2.24, 2.45) is 11.8 Å². The SMILES string of the molecule is O=C(O)N1C[C@H]2CC(Oc3cccc(-c4cncnc4)c3)C[C@@H]2C1. The van der Waals surface area contributed by atoms with Crippen molar-refractivity contribution in [3.8, 4) is 16.9 Å². The van der Waals surface area contributed by atoms with Crippen molar-refractivity contribution in [2.45, 2.75) is 18.9 Å². The first kappa shape index (κ1) is 14.9. The molecule has 2 atom stereocenters. The summed E-state index contributed by atoms with van der Waals surface area (Å²) in [6, 6.07) is 7.96. The molecule has 0 unspecified atom stereocenters. The number of fused-ring (bicyclic) bond motifs is 1. The van der Waals surface area contributed by atoms with E-state index in [1.807, 2.05) is 24.3 Å². The number of benzene rings is 1. The van der Waals surface area contributed by atoms with E-state index in [0.717, 1.165) is 29.7 Å². The maximum atomic E-state index is 11.1. The zero-order chi connectivity index (χ0) is 16.5. The van der Waals surface area contributed by atoms with Gasteiger partial charge in [0.25, 0.3) is 0 Å². The summed E-state index contributed by atoms with van der Waals surface area (Å²) in [5.41, 5.74) is 1.99. The number of carbonyl (C=O) groups is 1. The van der Waals surface area contributed by atoms with Crippen LogP contribution in [-0.2, 0) is 0 Å². The van der Waals surface area contributed by atoms with E-state index >= 15 is 0 Å². The molecule has 0 bridgehead atoms. The molecule has 124 valence electrons. The number of ether oxygens (including phenoxy) is 1. The molecule has 0 radical (unpaired) electrons. The Balaban J connectivity index is 1.42. The van der Waals surface area contributed by atoms with Crippen molar-refractivity contribution in [3.63, 3.8) is 0 Å². The first-order valence-corrected chi connectivity index (χ1v) is 8.19. The molecular weight excluding hydrogens is 306 g/mol. The Morgan fingerprint density at radius 1 is 1.12 bits per heavy atom. The van der Waals surface area contributed by atoms with Crippen molar-refractivity contribution in [1.29, 1.82) is 0 Å². The summed E-state index contributed by atoms with van der Waals surface area (Å²) in [7, 11) is 0. The van der Waals surface area contributed by atoms with E-state index in [9.17, 15) is 4.79 Å². The second-order valence-electron chi connectivity index (χ2n) is 6.57. The predicted octanol–water partition coefficient (Wildman–Crippen LogP) is 2.91. The van der Waals surface area contributed by atoms with Gasteiger partial charge in [0.15, 0.2) is 0 Å². The second-order valence-corrected chi connectivity index (χ2v) is 6.57. The zero-order valence-electron chi connectivity index (χ0n) is 13.2. The predicted molar refractivity (Wildman–Crippen MR) is 87.7 cm³/mol. The van der Waals surface area contributed by atoms with Gasteiger partial charge < -0.3 is 14.7 Å². The Bertz CT molecular complexity index is 723. The van der Waals surface area contributed by atoms with E-state index in [0.29, 0.717) is 24.9 Å². The second kappa shape index (κ2) is 6.11. The molecule has 1 N–H and O–H groups in total. The van der Waals surface area contributed by atoms with E-state index in [-0.39, 0.29) is 6.10 Å². The highest BCUT2D eigenvalue weighted by molar-refractivity contribution is 5.65. The first-order valence-electron chi connectivity index (χ1n) is 8.19. The van der Waals surface area contributed by atoms with Gasteiger partial charge in [-0.05, 0) is 42.4 Å². The van der Waals surface area contributed by atoms with Gasteiger partial charge in [-0.25, -0.2) is 14.8 Å². The van der Waals surface area contributed by atoms with Gasteiger partial charge in [-0.2, -0.15) is 0 Å². The van der Waals surface area contributed by atoms with Crippen molar-refractivity contribution in [3.05, 3.63) is 43.0 Å². The lowest BCUT2D eigenvalue weighted by molar-refractivity contribution is 0.144. The minimum absolute atomic E-state index is 0.165. The molecule has 2 heterocycles. The Labute approximate surface area is 140 Å². The lowest BCUT2D eigenvalue weighted by atomic mass is 10.0. The topological polar surface area (TPSA) is 75.5 Å². The van der Waals surface area contributed by atoms with Gasteiger partial charge in [-0.15, -0.1) is 0 Å². The Kier molecular flexibility index (Phi) is 3.80. The van der Waals surface area contributed by atoms with Crippen LogP contribution < -0.4 is 4.74 Å². The fourth-order valence-corrected chi connectivity index (χ4v) is 3.89. The molecule has 6 heteroatoms. The molecule has 2 aliphatic rings. The van der Waals surface area contributed by atoms with Crippen molar-refractivity contribution < 1.29 is 14.6 Å². The molecule has 1 amide bonds. The Morgan fingerprint density at radius 3 is 2.50 bits per heavy atom. The quantitative estimate of drug-likeness (QED) is 0.939. The zero-order valence-corrected chi connectivity index (χ0v) is 13.2. The highest BCUT2D eigenvalue weighted by Gasteiger charge is 2.43. The first-order chi connectivity index (χ1) is 11.7. The third kappa shape index (κ3) is 2.91. The van der Waals surface area contributed by atoms with Gasteiger partial charge in [0.1, 0.15) is 12.1 Å². The Morgan fingerprint density at radius 2 is 1.83 bits per heavy atom. The molecule has 6 nitrogen and oxygen atoms in total. The lowest BCUT2D eigenvalue weighted by Crippen LogP contribution is -2.29. The third-order valence-electron chi connectivity index (χ3n) is 5.01. The van der Waals surface area contributed by atoms with Gasteiger partial charge in [0.2, 0.25) is 0 Å². The van der Waals surface area contributed by atoms with E-state index in [1.54, 1.807) is 12.4 Å². The molecule has 1 aromatic heterocycles. The standard InChI is InChI=1S/C18H19N3O3/c22-18(23)21-9-13-5-17(6-14(13)10-21)24-16-3-1-2-12(4-16)15-7-19-11-20-8-15/h1-4,7-8,11,13-14,17H,5-6,9-10H2,(H,22,23)/t13-,14-/m1/s1. The van der Waals surface area contributed by atoms with E-state index in [2.05, 4.69) is 9.97 Å². The largest absolute Gasteiger partial charge is 0.490 e. The van der Waals surface area contributed by atoms with E-state index in [4.69, 9.17) is 9.84 Å². The van der Waals surface area contributed by atoms with Gasteiger partial charge in [0.05, 0.1) is 6.10 Å². The van der Waals surface area contributed by atoms with E-state index in [1.165, 1.54) is 11.2 Å². The molecular formula is C18H19N3O3. The van der Waals surface area contributed by atoms with Crippen LogP contribution in [0.4, 0.5) is 4.79 Å². The number of carboxylic acid groups (broad SMARTS) is 1. The molecule has 24 heavy (non-hydrogen) atoms. The number of rotatable bonds is 3. The van der Waals surface area contributed by atoms with E-state index < -0.39 is 6.09 Å². The highest BCUT2D eigenvalue weighted by Crippen LogP contribution is 2.40. The van der Waals surface area contributed by atoms with Crippen molar-refractivity contribution >= 4 is 6.09 Å². The molecule has 4 rings (SSSR count). The molecule has 2 aromatic rings. The number of likely N-dealkylation sites (tertiary alicyclic amines) is 1. The smallest absolute Gasteiger partial charge is 0.407 e. The lowest BCUT2D eigenvalue weighted by Gasteiger charge is -2.18. The minimum Gasteiger partial charge on any atom is -0.490 e. The van der Waals surface area contributed by atoms with Crippen LogP contribution in [0.15, 0.2) is 43.0 Å². The van der Waals surface area contributed by atoms with Crippen molar-refractivity contribution in [1.82, 2.24) is 14.9 Å². The normalized spacial score (nSPS) is 23.2. The van der Waals surface area contributed by atoms with Crippen molar-refractivity contribution in [2.75, 3.05) is 13.1 Å². The van der Waals surface area contributed by atoms with Gasteiger partial charge >= 0.3 is 6.09 Å². The van der Waals surface area contributed by atoms with Crippen LogP contribution in [-0.4, -0.2) is 45.3 Å². The third-order valence-corrected chi connectivity index (χ3v) is 5.01. The van der Waals surface area contributed by atoms with Crippen LogP contribution in [0.25, 0.3) is 11.1 Å². The summed E-state index contributed by atoms with van der Waals surface area (Å²) in [6.45, 7) is 1.28. The van der Waals surface area contributed by atoms with Crippen LogP contribution in [0.5, 0.6) is 5.75 Å². The number of nitrogens with zero attached hydrogens (tertiary/aromatic N) is 3. The number of hydrogen-bond acceptors (Lipinski definition) is 4. The molecule has 1 aliphatic heterocycles. The average molecular weight is 325 g/mol. The van der Waals surface area contributed by atoms with Gasteiger partial charge in [-0.1, -0.05) is 12.1 Å². The fraction of sp³-hybridized carbons (Fsp3) is 0.389. The maximum absolute atomic E-state index is 11.1. The highest BCUT2D eigenvalue weighted by atomic mass is 16.5.